The number of nitrogens with zero attached hydrogens (tertiary/aromatic N) is 3. The Labute approximate surface area is 177 Å². The molecular formula is C24H18N4O3. The van der Waals surface area contributed by atoms with Gasteiger partial charge in [0.05, 0.1) is 12.3 Å². The van der Waals surface area contributed by atoms with Crippen LogP contribution in [0.5, 0.6) is 5.75 Å². The molecule has 3 heterocycles. The Morgan fingerprint density at radius 3 is 2.52 bits per heavy atom. The number of rotatable bonds is 5. The number of carbonyl (C=O) groups is 1. The number of ether oxygens (including phenoxy) is 1. The smallest absolute Gasteiger partial charge is 0.270 e. The second kappa shape index (κ2) is 7.53. The first-order chi connectivity index (χ1) is 15.2. The fourth-order valence-corrected chi connectivity index (χ4v) is 3.60. The summed E-state index contributed by atoms with van der Waals surface area (Å²) >= 11 is 0. The predicted octanol–water partition coefficient (Wildman–Crippen LogP) is 3.89. The van der Waals surface area contributed by atoms with Crippen LogP contribution in [-0.2, 0) is 0 Å². The van der Waals surface area contributed by atoms with Gasteiger partial charge < -0.3 is 9.72 Å². The SMILES string of the molecule is CCOc1ccc(-n2c(=O)c(C(=O)c3ccccc3)c3nc4[nH]cccc4nc32)cc1. The zero-order valence-corrected chi connectivity index (χ0v) is 16.7. The van der Waals surface area contributed by atoms with Gasteiger partial charge in [0.1, 0.15) is 22.3 Å². The molecule has 0 radical (unpaired) electrons. The van der Waals surface area contributed by atoms with E-state index in [1.165, 1.54) is 4.57 Å². The van der Waals surface area contributed by atoms with Crippen LogP contribution in [0, 0.1) is 0 Å². The highest BCUT2D eigenvalue weighted by molar-refractivity contribution is 6.15. The van der Waals surface area contributed by atoms with Gasteiger partial charge in [0, 0.05) is 11.8 Å². The van der Waals surface area contributed by atoms with Gasteiger partial charge in [-0.2, -0.15) is 0 Å². The Morgan fingerprint density at radius 1 is 1.00 bits per heavy atom. The number of benzene rings is 2. The van der Waals surface area contributed by atoms with E-state index in [0.29, 0.717) is 40.4 Å². The number of aromatic nitrogens is 4. The lowest BCUT2D eigenvalue weighted by Gasteiger charge is -2.06. The van der Waals surface area contributed by atoms with Crippen LogP contribution in [0.25, 0.3) is 28.0 Å². The van der Waals surface area contributed by atoms with E-state index in [-0.39, 0.29) is 16.9 Å². The molecule has 0 saturated carbocycles. The molecular weight excluding hydrogens is 392 g/mol. The van der Waals surface area contributed by atoms with Crippen molar-refractivity contribution >= 4 is 28.1 Å². The van der Waals surface area contributed by atoms with Crippen molar-refractivity contribution in [2.75, 3.05) is 6.61 Å². The van der Waals surface area contributed by atoms with Crippen molar-refractivity contribution in [3.05, 3.63) is 94.4 Å². The number of pyridine rings is 1. The summed E-state index contributed by atoms with van der Waals surface area (Å²) in [5, 5.41) is 0. The number of hydrogen-bond acceptors (Lipinski definition) is 5. The van der Waals surface area contributed by atoms with E-state index in [4.69, 9.17) is 4.74 Å². The molecule has 0 aliphatic heterocycles. The number of hydrogen-bond donors (Lipinski definition) is 1. The third-order valence-electron chi connectivity index (χ3n) is 5.01. The van der Waals surface area contributed by atoms with Gasteiger partial charge >= 0.3 is 0 Å². The lowest BCUT2D eigenvalue weighted by atomic mass is 10.1. The molecule has 0 aliphatic carbocycles. The molecule has 7 nitrogen and oxygen atoms in total. The molecule has 152 valence electrons. The molecule has 0 amide bonds. The van der Waals surface area contributed by atoms with Gasteiger partial charge in [-0.3, -0.25) is 14.2 Å². The van der Waals surface area contributed by atoms with Crippen LogP contribution >= 0.6 is 0 Å². The second-order valence-electron chi connectivity index (χ2n) is 6.94. The minimum absolute atomic E-state index is 0.00161. The zero-order valence-electron chi connectivity index (χ0n) is 16.7. The van der Waals surface area contributed by atoms with Crippen LogP contribution < -0.4 is 10.3 Å². The van der Waals surface area contributed by atoms with Gasteiger partial charge in [-0.05, 0) is 43.3 Å². The molecule has 0 fully saturated rings. The summed E-state index contributed by atoms with van der Waals surface area (Å²) in [5.74, 6) is 0.312. The van der Waals surface area contributed by atoms with Crippen molar-refractivity contribution in [3.8, 4) is 11.4 Å². The lowest BCUT2D eigenvalue weighted by molar-refractivity contribution is 0.103. The Hall–Kier alpha value is -4.26. The van der Waals surface area contributed by atoms with Gasteiger partial charge in [0.15, 0.2) is 11.3 Å². The molecule has 0 saturated heterocycles. The maximum absolute atomic E-state index is 13.5. The van der Waals surface area contributed by atoms with Crippen molar-refractivity contribution < 1.29 is 9.53 Å². The highest BCUT2D eigenvalue weighted by Crippen LogP contribution is 2.24. The van der Waals surface area contributed by atoms with Gasteiger partial charge in [-0.25, -0.2) is 9.97 Å². The average Bonchev–Trinajstić information content (AvgIpc) is 3.09. The molecule has 3 aromatic heterocycles. The predicted molar refractivity (Wildman–Crippen MR) is 118 cm³/mol. The maximum Gasteiger partial charge on any atom is 0.270 e. The topological polar surface area (TPSA) is 89.9 Å². The van der Waals surface area contributed by atoms with Crippen molar-refractivity contribution in [1.82, 2.24) is 19.5 Å². The fraction of sp³-hybridized carbons (Fsp3) is 0.0833. The van der Waals surface area contributed by atoms with Crippen LogP contribution in [0.1, 0.15) is 22.8 Å². The van der Waals surface area contributed by atoms with E-state index in [1.807, 2.05) is 13.0 Å². The number of fused-ring (bicyclic) bond motifs is 2. The maximum atomic E-state index is 13.5. The van der Waals surface area contributed by atoms with E-state index in [1.54, 1.807) is 66.9 Å². The number of nitrogens with one attached hydrogen (secondary N) is 1. The van der Waals surface area contributed by atoms with Gasteiger partial charge in [-0.1, -0.05) is 30.3 Å². The van der Waals surface area contributed by atoms with Crippen LogP contribution in [0.3, 0.4) is 0 Å². The number of aromatic amines is 1. The Balaban J connectivity index is 1.80. The number of ketones is 1. The van der Waals surface area contributed by atoms with Gasteiger partial charge in [0.2, 0.25) is 5.78 Å². The minimum Gasteiger partial charge on any atom is -0.494 e. The molecule has 0 aliphatic rings. The summed E-state index contributed by atoms with van der Waals surface area (Å²) in [6.45, 7) is 2.45. The molecule has 0 spiro atoms. The Kier molecular flexibility index (Phi) is 4.55. The lowest BCUT2D eigenvalue weighted by Crippen LogP contribution is -2.20. The highest BCUT2D eigenvalue weighted by Gasteiger charge is 2.26. The van der Waals surface area contributed by atoms with Crippen LogP contribution in [0.4, 0.5) is 0 Å². The second-order valence-corrected chi connectivity index (χ2v) is 6.94. The first kappa shape index (κ1) is 18.7. The van der Waals surface area contributed by atoms with Crippen LogP contribution in [-0.4, -0.2) is 31.9 Å². The average molecular weight is 410 g/mol. The molecule has 5 rings (SSSR count). The van der Waals surface area contributed by atoms with E-state index in [2.05, 4.69) is 15.0 Å². The molecule has 2 aromatic carbocycles. The largest absolute Gasteiger partial charge is 0.494 e. The molecule has 31 heavy (non-hydrogen) atoms. The van der Waals surface area contributed by atoms with Crippen molar-refractivity contribution in [2.24, 2.45) is 0 Å². The molecule has 0 atom stereocenters. The molecule has 0 unspecified atom stereocenters. The molecule has 7 heteroatoms. The van der Waals surface area contributed by atoms with Crippen molar-refractivity contribution in [2.45, 2.75) is 6.92 Å². The Morgan fingerprint density at radius 2 is 1.77 bits per heavy atom. The van der Waals surface area contributed by atoms with Gasteiger partial charge in [-0.15, -0.1) is 0 Å². The van der Waals surface area contributed by atoms with Crippen molar-refractivity contribution in [1.29, 1.82) is 0 Å². The third kappa shape index (κ3) is 3.16. The summed E-state index contributed by atoms with van der Waals surface area (Å²) in [6, 6.07) is 19.4. The number of carbonyl (C=O) groups excluding carboxylic acids is 1. The third-order valence-corrected chi connectivity index (χ3v) is 5.01. The highest BCUT2D eigenvalue weighted by atomic mass is 16.5. The van der Waals surface area contributed by atoms with E-state index in [0.717, 1.165) is 0 Å². The monoisotopic (exact) mass is 410 g/mol. The standard InChI is InChI=1S/C24H18N4O3/c1-2-31-17-12-10-16(11-13-17)28-23-20(27-22-18(26-23)9-6-14-25-22)19(24(28)30)21(29)15-7-4-3-5-8-15/h3-14H,2H2,1H3,(H,25,27). The van der Waals surface area contributed by atoms with E-state index >= 15 is 0 Å². The summed E-state index contributed by atoms with van der Waals surface area (Å²) in [7, 11) is 0. The van der Waals surface area contributed by atoms with Crippen molar-refractivity contribution in [3.63, 3.8) is 0 Å². The minimum atomic E-state index is -0.455. The summed E-state index contributed by atoms with van der Waals surface area (Å²) < 4.78 is 6.93. The number of H-pyrrole nitrogens is 1. The zero-order chi connectivity index (χ0) is 21.4. The summed E-state index contributed by atoms with van der Waals surface area (Å²) in [4.78, 5) is 39.1. The Bertz CT molecular complexity index is 1470. The van der Waals surface area contributed by atoms with Crippen LogP contribution in [0.15, 0.2) is 77.7 Å². The molecule has 0 bridgehead atoms. The fourth-order valence-electron chi connectivity index (χ4n) is 3.60. The summed E-state index contributed by atoms with van der Waals surface area (Å²) in [5.41, 5.74) is 2.25. The molecule has 1 N–H and O–H groups in total. The molecule has 5 aromatic rings. The normalized spacial score (nSPS) is 11.1. The van der Waals surface area contributed by atoms with E-state index < -0.39 is 5.56 Å². The van der Waals surface area contributed by atoms with Gasteiger partial charge in [0.25, 0.3) is 5.56 Å². The van der Waals surface area contributed by atoms with Crippen LogP contribution in [0.2, 0.25) is 0 Å². The first-order valence-corrected chi connectivity index (χ1v) is 9.90. The summed E-state index contributed by atoms with van der Waals surface area (Å²) in [6.07, 6.45) is 1.73. The first-order valence-electron chi connectivity index (χ1n) is 9.90. The quantitative estimate of drug-likeness (QED) is 0.444. The van der Waals surface area contributed by atoms with E-state index in [9.17, 15) is 9.59 Å².